The SMILES string of the molecule is NC(=S)c1ccc(C(=O)Nc2ccc(F)cc2F)cc1. The highest BCUT2D eigenvalue weighted by atomic mass is 32.1. The van der Waals surface area contributed by atoms with E-state index in [4.69, 9.17) is 18.0 Å². The zero-order valence-corrected chi connectivity index (χ0v) is 11.0. The molecule has 3 nitrogen and oxygen atoms in total. The molecule has 6 heteroatoms. The van der Waals surface area contributed by atoms with Gasteiger partial charge in [0, 0.05) is 17.2 Å². The van der Waals surface area contributed by atoms with Crippen molar-refractivity contribution in [3.63, 3.8) is 0 Å². The van der Waals surface area contributed by atoms with Crippen LogP contribution >= 0.6 is 12.2 Å². The number of anilines is 1. The van der Waals surface area contributed by atoms with Gasteiger partial charge in [0.2, 0.25) is 0 Å². The Balaban J connectivity index is 2.17. The summed E-state index contributed by atoms with van der Waals surface area (Å²) in [5.41, 5.74) is 6.30. The summed E-state index contributed by atoms with van der Waals surface area (Å²) < 4.78 is 26.2. The van der Waals surface area contributed by atoms with Gasteiger partial charge in [0.05, 0.1) is 5.69 Å². The molecule has 0 aliphatic heterocycles. The lowest BCUT2D eigenvalue weighted by atomic mass is 10.1. The third-order valence-electron chi connectivity index (χ3n) is 2.61. The summed E-state index contributed by atoms with van der Waals surface area (Å²) in [6, 6.07) is 9.15. The molecule has 0 saturated carbocycles. The van der Waals surface area contributed by atoms with Crippen LogP contribution in [0.1, 0.15) is 15.9 Å². The van der Waals surface area contributed by atoms with Crippen molar-refractivity contribution in [3.05, 3.63) is 65.2 Å². The van der Waals surface area contributed by atoms with Crippen LogP contribution in [0, 0.1) is 11.6 Å². The Bertz CT molecular complexity index is 671. The number of rotatable bonds is 3. The van der Waals surface area contributed by atoms with E-state index in [-0.39, 0.29) is 10.7 Å². The molecule has 0 heterocycles. The molecule has 2 aromatic carbocycles. The van der Waals surface area contributed by atoms with Gasteiger partial charge in [0.1, 0.15) is 16.6 Å². The van der Waals surface area contributed by atoms with Gasteiger partial charge in [-0.3, -0.25) is 4.79 Å². The Morgan fingerprint density at radius 2 is 1.65 bits per heavy atom. The molecular formula is C14H10F2N2OS. The highest BCUT2D eigenvalue weighted by Crippen LogP contribution is 2.16. The number of thiocarbonyl (C=S) groups is 1. The highest BCUT2D eigenvalue weighted by molar-refractivity contribution is 7.80. The molecule has 0 aromatic heterocycles. The van der Waals surface area contributed by atoms with Crippen LogP contribution in [0.25, 0.3) is 0 Å². The number of carbonyl (C=O) groups excluding carboxylic acids is 1. The fourth-order valence-electron chi connectivity index (χ4n) is 1.57. The molecule has 0 atom stereocenters. The molecule has 102 valence electrons. The Labute approximate surface area is 119 Å². The number of carbonyl (C=O) groups is 1. The first-order valence-corrected chi connectivity index (χ1v) is 6.04. The van der Waals surface area contributed by atoms with Gasteiger partial charge in [0.15, 0.2) is 0 Å². The molecule has 1 amide bonds. The molecule has 0 unspecified atom stereocenters. The summed E-state index contributed by atoms with van der Waals surface area (Å²) in [5.74, 6) is -2.05. The van der Waals surface area contributed by atoms with Crippen molar-refractivity contribution in [2.45, 2.75) is 0 Å². The third kappa shape index (κ3) is 3.16. The molecular weight excluding hydrogens is 282 g/mol. The second-order valence-electron chi connectivity index (χ2n) is 4.02. The number of benzene rings is 2. The minimum atomic E-state index is -0.835. The average molecular weight is 292 g/mol. The van der Waals surface area contributed by atoms with E-state index < -0.39 is 17.5 Å². The van der Waals surface area contributed by atoms with E-state index in [1.807, 2.05) is 0 Å². The summed E-state index contributed by atoms with van der Waals surface area (Å²) in [7, 11) is 0. The van der Waals surface area contributed by atoms with E-state index in [0.717, 1.165) is 12.1 Å². The Hall–Kier alpha value is -2.34. The lowest BCUT2D eigenvalue weighted by Crippen LogP contribution is -2.14. The van der Waals surface area contributed by atoms with Crippen LogP contribution < -0.4 is 11.1 Å². The second-order valence-corrected chi connectivity index (χ2v) is 4.46. The normalized spacial score (nSPS) is 10.1. The fourth-order valence-corrected chi connectivity index (χ4v) is 1.71. The minimum absolute atomic E-state index is 0.0881. The summed E-state index contributed by atoms with van der Waals surface area (Å²) >= 11 is 4.80. The van der Waals surface area contributed by atoms with Gasteiger partial charge in [-0.25, -0.2) is 8.78 Å². The van der Waals surface area contributed by atoms with Crippen molar-refractivity contribution < 1.29 is 13.6 Å². The minimum Gasteiger partial charge on any atom is -0.389 e. The standard InChI is InChI=1S/C14H10F2N2OS/c15-10-5-6-12(11(16)7-10)18-14(19)9-3-1-8(2-4-9)13(17)20/h1-7H,(H2,17,20)(H,18,19). The Morgan fingerprint density at radius 1 is 1.05 bits per heavy atom. The second kappa shape index (κ2) is 5.75. The van der Waals surface area contributed by atoms with E-state index in [9.17, 15) is 13.6 Å². The molecule has 0 saturated heterocycles. The quantitative estimate of drug-likeness (QED) is 0.855. The van der Waals surface area contributed by atoms with E-state index in [1.54, 1.807) is 12.1 Å². The summed E-state index contributed by atoms with van der Waals surface area (Å²) in [4.78, 5) is 12.1. The highest BCUT2D eigenvalue weighted by Gasteiger charge is 2.10. The Morgan fingerprint density at radius 3 is 2.20 bits per heavy atom. The molecule has 3 N–H and O–H groups in total. The maximum Gasteiger partial charge on any atom is 0.255 e. The fraction of sp³-hybridized carbons (Fsp3) is 0. The van der Waals surface area contributed by atoms with Crippen molar-refractivity contribution in [2.75, 3.05) is 5.32 Å². The van der Waals surface area contributed by atoms with Crippen LogP contribution in [0.3, 0.4) is 0 Å². The first-order chi connectivity index (χ1) is 9.47. The predicted molar refractivity (Wildman–Crippen MR) is 76.6 cm³/mol. The van der Waals surface area contributed by atoms with Gasteiger partial charge in [-0.2, -0.15) is 0 Å². The zero-order chi connectivity index (χ0) is 14.7. The van der Waals surface area contributed by atoms with E-state index in [0.29, 0.717) is 17.2 Å². The van der Waals surface area contributed by atoms with E-state index in [2.05, 4.69) is 5.32 Å². The number of halogens is 2. The van der Waals surface area contributed by atoms with Gasteiger partial charge in [0.25, 0.3) is 5.91 Å². The molecule has 0 fully saturated rings. The lowest BCUT2D eigenvalue weighted by molar-refractivity contribution is 0.102. The lowest BCUT2D eigenvalue weighted by Gasteiger charge is -2.07. The molecule has 0 radical (unpaired) electrons. The Kier molecular flexibility index (Phi) is 4.05. The molecule has 2 rings (SSSR count). The summed E-state index contributed by atoms with van der Waals surface area (Å²) in [6.07, 6.45) is 0. The number of nitrogens with two attached hydrogens (primary N) is 1. The maximum atomic E-state index is 13.4. The van der Waals surface area contributed by atoms with Gasteiger partial charge < -0.3 is 11.1 Å². The van der Waals surface area contributed by atoms with Gasteiger partial charge in [-0.1, -0.05) is 24.4 Å². The van der Waals surface area contributed by atoms with Crippen molar-refractivity contribution in [1.82, 2.24) is 0 Å². The number of nitrogens with one attached hydrogen (secondary N) is 1. The average Bonchev–Trinajstić information content (AvgIpc) is 2.42. The van der Waals surface area contributed by atoms with Crippen LogP contribution in [0.15, 0.2) is 42.5 Å². The third-order valence-corrected chi connectivity index (χ3v) is 2.85. The van der Waals surface area contributed by atoms with E-state index in [1.165, 1.54) is 12.1 Å². The van der Waals surface area contributed by atoms with Crippen molar-refractivity contribution >= 4 is 28.8 Å². The van der Waals surface area contributed by atoms with Gasteiger partial charge in [-0.15, -0.1) is 0 Å². The zero-order valence-electron chi connectivity index (χ0n) is 10.2. The van der Waals surface area contributed by atoms with Crippen LogP contribution in [0.4, 0.5) is 14.5 Å². The molecule has 2 aromatic rings. The molecule has 0 bridgehead atoms. The first-order valence-electron chi connectivity index (χ1n) is 5.63. The largest absolute Gasteiger partial charge is 0.389 e. The number of hydrogen-bond donors (Lipinski definition) is 2. The van der Waals surface area contributed by atoms with Gasteiger partial charge in [-0.05, 0) is 24.3 Å². The first kappa shape index (κ1) is 14.1. The summed E-state index contributed by atoms with van der Waals surface area (Å²) in [5, 5.41) is 2.36. The molecule has 20 heavy (non-hydrogen) atoms. The van der Waals surface area contributed by atoms with Crippen LogP contribution in [0.2, 0.25) is 0 Å². The van der Waals surface area contributed by atoms with Crippen molar-refractivity contribution in [1.29, 1.82) is 0 Å². The van der Waals surface area contributed by atoms with Gasteiger partial charge >= 0.3 is 0 Å². The number of amides is 1. The maximum absolute atomic E-state index is 13.4. The van der Waals surface area contributed by atoms with E-state index >= 15 is 0 Å². The smallest absolute Gasteiger partial charge is 0.255 e. The molecule has 0 aliphatic carbocycles. The van der Waals surface area contributed by atoms with Crippen LogP contribution in [-0.4, -0.2) is 10.9 Å². The predicted octanol–water partition coefficient (Wildman–Crippen LogP) is 2.85. The van der Waals surface area contributed by atoms with Crippen LogP contribution in [0.5, 0.6) is 0 Å². The topological polar surface area (TPSA) is 55.1 Å². The van der Waals surface area contributed by atoms with Crippen molar-refractivity contribution in [2.24, 2.45) is 5.73 Å². The monoisotopic (exact) mass is 292 g/mol. The van der Waals surface area contributed by atoms with Crippen LogP contribution in [-0.2, 0) is 0 Å². The molecule has 0 spiro atoms. The number of hydrogen-bond acceptors (Lipinski definition) is 2. The van der Waals surface area contributed by atoms with Crippen molar-refractivity contribution in [3.8, 4) is 0 Å². The summed E-state index contributed by atoms with van der Waals surface area (Å²) in [6.45, 7) is 0. The molecule has 0 aliphatic rings.